The van der Waals surface area contributed by atoms with Gasteiger partial charge in [-0.2, -0.15) is 0 Å². The highest BCUT2D eigenvalue weighted by atomic mass is 32.2. The average molecular weight is 376 g/mol. The van der Waals surface area contributed by atoms with Gasteiger partial charge in [0.2, 0.25) is 0 Å². The van der Waals surface area contributed by atoms with E-state index in [1.807, 2.05) is 30.3 Å². The molecular formula is C18H20N2O5S. The third-order valence-corrected chi connectivity index (χ3v) is 4.18. The molecule has 0 aliphatic carbocycles. The third-order valence-electron chi connectivity index (χ3n) is 3.23. The number of nitrogens with zero attached hydrogens (tertiary/aromatic N) is 2. The quantitative estimate of drug-likeness (QED) is 0.535. The van der Waals surface area contributed by atoms with Gasteiger partial charge in [-0.3, -0.25) is 19.3 Å². The van der Waals surface area contributed by atoms with E-state index in [-0.39, 0.29) is 36.4 Å². The minimum Gasteiger partial charge on any atom is -0.465 e. The lowest BCUT2D eigenvalue weighted by molar-refractivity contribution is -0.145. The van der Waals surface area contributed by atoms with Crippen LogP contribution in [0, 0.1) is 0 Å². The highest BCUT2D eigenvalue weighted by Crippen LogP contribution is 2.24. The first-order chi connectivity index (χ1) is 12.5. The van der Waals surface area contributed by atoms with Crippen molar-refractivity contribution in [2.24, 2.45) is 4.99 Å². The monoisotopic (exact) mass is 376 g/mol. The van der Waals surface area contributed by atoms with Gasteiger partial charge in [0.1, 0.15) is 12.2 Å². The van der Waals surface area contributed by atoms with Crippen LogP contribution in [-0.4, -0.2) is 53.4 Å². The molecule has 1 aliphatic rings. The number of hydrogen-bond acceptors (Lipinski definition) is 7. The average Bonchev–Trinajstić information content (AvgIpc) is 2.90. The lowest BCUT2D eigenvalue weighted by Crippen LogP contribution is -2.36. The smallest absolute Gasteiger partial charge is 0.326 e. The van der Waals surface area contributed by atoms with Crippen LogP contribution < -0.4 is 0 Å². The van der Waals surface area contributed by atoms with Crippen LogP contribution in [-0.2, 0) is 23.9 Å². The maximum absolute atomic E-state index is 12.6. The zero-order chi connectivity index (χ0) is 18.9. The molecule has 1 aliphatic heterocycles. The van der Waals surface area contributed by atoms with E-state index in [4.69, 9.17) is 9.47 Å². The zero-order valence-electron chi connectivity index (χ0n) is 14.6. The molecule has 1 aromatic rings. The van der Waals surface area contributed by atoms with Crippen molar-refractivity contribution in [3.63, 3.8) is 0 Å². The number of rotatable bonds is 7. The van der Waals surface area contributed by atoms with Crippen LogP contribution in [0.1, 0.15) is 19.4 Å². The Bertz CT molecular complexity index is 730. The molecule has 0 fully saturated rings. The molecule has 1 heterocycles. The number of benzene rings is 1. The van der Waals surface area contributed by atoms with Gasteiger partial charge >= 0.3 is 11.9 Å². The van der Waals surface area contributed by atoms with Crippen molar-refractivity contribution in [1.82, 2.24) is 4.90 Å². The molecule has 0 bridgehead atoms. The Hall–Kier alpha value is -2.61. The standard InChI is InChI=1S/C18H20N2O5S/c1-3-24-15(21)11-20-17(23)14(10-13-8-6-5-7-9-13)19-18(20)26-12-16(22)25-4-2/h5-10H,3-4,11-12H2,1-2H3/b14-10-. The summed E-state index contributed by atoms with van der Waals surface area (Å²) in [5, 5.41) is 0.276. The van der Waals surface area contributed by atoms with Crippen molar-refractivity contribution >= 4 is 40.9 Å². The molecule has 138 valence electrons. The van der Waals surface area contributed by atoms with E-state index in [1.54, 1.807) is 19.9 Å². The molecule has 0 N–H and O–H groups in total. The summed E-state index contributed by atoms with van der Waals surface area (Å²) in [4.78, 5) is 41.5. The van der Waals surface area contributed by atoms with Crippen molar-refractivity contribution in [2.45, 2.75) is 13.8 Å². The SMILES string of the molecule is CCOC(=O)CSC1=N/C(=C\c2ccccc2)C(=O)N1CC(=O)OCC. The van der Waals surface area contributed by atoms with Crippen molar-refractivity contribution < 1.29 is 23.9 Å². The molecule has 8 heteroatoms. The summed E-state index contributed by atoms with van der Waals surface area (Å²) in [7, 11) is 0. The Balaban J connectivity index is 2.20. The van der Waals surface area contributed by atoms with E-state index in [0.29, 0.717) is 0 Å². The molecule has 0 aromatic heterocycles. The molecule has 0 spiro atoms. The minimum absolute atomic E-state index is 0.00209. The number of esters is 2. The van der Waals surface area contributed by atoms with Crippen LogP contribution in [0.25, 0.3) is 6.08 Å². The second-order valence-electron chi connectivity index (χ2n) is 5.12. The summed E-state index contributed by atoms with van der Waals surface area (Å²) >= 11 is 1.05. The summed E-state index contributed by atoms with van der Waals surface area (Å²) in [5.74, 6) is -1.36. The number of thioether (sulfide) groups is 1. The van der Waals surface area contributed by atoms with Crippen LogP contribution in [0.2, 0.25) is 0 Å². The molecule has 0 radical (unpaired) electrons. The number of amides is 1. The third kappa shape index (κ3) is 5.45. The first-order valence-electron chi connectivity index (χ1n) is 8.16. The van der Waals surface area contributed by atoms with Gasteiger partial charge in [0.05, 0.1) is 19.0 Å². The van der Waals surface area contributed by atoms with Gasteiger partial charge in [0.25, 0.3) is 5.91 Å². The van der Waals surface area contributed by atoms with Gasteiger partial charge in [0, 0.05) is 0 Å². The molecule has 0 unspecified atom stereocenters. The van der Waals surface area contributed by atoms with Crippen LogP contribution in [0.5, 0.6) is 0 Å². The van der Waals surface area contributed by atoms with E-state index >= 15 is 0 Å². The number of aliphatic imine (C=N–C) groups is 1. The van der Waals surface area contributed by atoms with Gasteiger partial charge in [-0.1, -0.05) is 42.1 Å². The number of ether oxygens (including phenoxy) is 2. The van der Waals surface area contributed by atoms with Crippen LogP contribution in [0.3, 0.4) is 0 Å². The zero-order valence-corrected chi connectivity index (χ0v) is 15.5. The first-order valence-corrected chi connectivity index (χ1v) is 9.15. The van der Waals surface area contributed by atoms with Gasteiger partial charge in [0.15, 0.2) is 5.17 Å². The molecule has 26 heavy (non-hydrogen) atoms. The van der Waals surface area contributed by atoms with Gasteiger partial charge in [-0.15, -0.1) is 0 Å². The molecule has 2 rings (SSSR count). The summed E-state index contributed by atoms with van der Waals surface area (Å²) in [6.45, 7) is 3.64. The molecular weight excluding hydrogens is 356 g/mol. The predicted octanol–water partition coefficient (Wildman–Crippen LogP) is 2.09. The molecule has 7 nitrogen and oxygen atoms in total. The Morgan fingerprint density at radius 2 is 1.77 bits per heavy atom. The first kappa shape index (κ1) is 19.7. The highest BCUT2D eigenvalue weighted by molar-refractivity contribution is 8.14. The lowest BCUT2D eigenvalue weighted by atomic mass is 10.2. The largest absolute Gasteiger partial charge is 0.465 e. The van der Waals surface area contributed by atoms with E-state index in [2.05, 4.69) is 4.99 Å². The van der Waals surface area contributed by atoms with Gasteiger partial charge in [-0.25, -0.2) is 4.99 Å². The second-order valence-corrected chi connectivity index (χ2v) is 6.07. The summed E-state index contributed by atoms with van der Waals surface area (Å²) < 4.78 is 9.79. The molecule has 1 amide bonds. The Kier molecular flexibility index (Phi) is 7.40. The van der Waals surface area contributed by atoms with Crippen molar-refractivity contribution in [3.05, 3.63) is 41.6 Å². The number of amidine groups is 1. The molecule has 0 saturated carbocycles. The summed E-state index contributed by atoms with van der Waals surface area (Å²) in [5.41, 5.74) is 1.01. The van der Waals surface area contributed by atoms with Crippen molar-refractivity contribution in [2.75, 3.05) is 25.5 Å². The van der Waals surface area contributed by atoms with Crippen molar-refractivity contribution in [1.29, 1.82) is 0 Å². The maximum atomic E-state index is 12.6. The molecule has 0 saturated heterocycles. The Labute approximate surface area is 156 Å². The summed E-state index contributed by atoms with van der Waals surface area (Å²) in [6.07, 6.45) is 1.64. The van der Waals surface area contributed by atoms with Crippen LogP contribution in [0.15, 0.2) is 41.0 Å². The van der Waals surface area contributed by atoms with E-state index in [0.717, 1.165) is 17.3 Å². The minimum atomic E-state index is -0.536. The Morgan fingerprint density at radius 1 is 1.12 bits per heavy atom. The van der Waals surface area contributed by atoms with Gasteiger partial charge in [-0.05, 0) is 25.5 Å². The second kappa shape index (κ2) is 9.76. The lowest BCUT2D eigenvalue weighted by Gasteiger charge is -2.16. The topological polar surface area (TPSA) is 85.3 Å². The van der Waals surface area contributed by atoms with E-state index < -0.39 is 17.8 Å². The fraction of sp³-hybridized carbons (Fsp3) is 0.333. The highest BCUT2D eigenvalue weighted by Gasteiger charge is 2.33. The Morgan fingerprint density at radius 3 is 2.42 bits per heavy atom. The maximum Gasteiger partial charge on any atom is 0.326 e. The molecule has 0 atom stereocenters. The number of carbonyl (C=O) groups excluding carboxylic acids is 3. The van der Waals surface area contributed by atoms with Gasteiger partial charge < -0.3 is 9.47 Å². The number of carbonyl (C=O) groups is 3. The van der Waals surface area contributed by atoms with Crippen LogP contribution >= 0.6 is 11.8 Å². The predicted molar refractivity (Wildman–Crippen MR) is 99.3 cm³/mol. The van der Waals surface area contributed by atoms with Crippen LogP contribution in [0.4, 0.5) is 0 Å². The number of hydrogen-bond donors (Lipinski definition) is 0. The summed E-state index contributed by atoms with van der Waals surface area (Å²) in [6, 6.07) is 9.25. The molecule has 1 aromatic carbocycles. The van der Waals surface area contributed by atoms with E-state index in [9.17, 15) is 14.4 Å². The fourth-order valence-electron chi connectivity index (χ4n) is 2.15. The normalized spacial score (nSPS) is 15.2. The van der Waals surface area contributed by atoms with E-state index in [1.165, 1.54) is 4.90 Å². The van der Waals surface area contributed by atoms with Crippen molar-refractivity contribution in [3.8, 4) is 0 Å². The fourth-order valence-corrected chi connectivity index (χ4v) is 2.95.